The Kier molecular flexibility index (Phi) is 6.54. The maximum atomic E-state index is 13.8. The second-order valence-electron chi connectivity index (χ2n) is 9.39. The average Bonchev–Trinajstić information content (AvgIpc) is 3.00. The first-order valence-corrected chi connectivity index (χ1v) is 11.6. The maximum Gasteiger partial charge on any atom is 0.407 e. The summed E-state index contributed by atoms with van der Waals surface area (Å²) in [5.74, 6) is 0.242. The van der Waals surface area contributed by atoms with E-state index in [-0.39, 0.29) is 65.2 Å². The first kappa shape index (κ1) is 24.1. The normalized spacial score (nSPS) is 24.5. The summed E-state index contributed by atoms with van der Waals surface area (Å²) in [5.41, 5.74) is -0.154. The number of fused-ring (bicyclic) bond motifs is 2. The summed E-state index contributed by atoms with van der Waals surface area (Å²) >= 11 is 12.8. The standard InChI is InChI=1S/C21H28Cl2FN5O4/c1-21(2)8-12(26(3)5-4-24)10-29(21)18-14-16(15(22)17(23)25-18)33-11-13-9-27(20(31)32)6-7-28(13)19(14)30/h12-13H,4-11H2,1-3H3,(H,31,32)/t12?,13-/m1/s1. The number of amides is 2. The van der Waals surface area contributed by atoms with Gasteiger partial charge in [-0.1, -0.05) is 23.2 Å². The molecule has 0 aliphatic carbocycles. The van der Waals surface area contributed by atoms with Gasteiger partial charge in [-0.25, -0.2) is 14.2 Å². The van der Waals surface area contributed by atoms with Crippen LogP contribution in [0.1, 0.15) is 30.6 Å². The fraction of sp³-hybridized carbons (Fsp3) is 0.667. The van der Waals surface area contributed by atoms with Crippen LogP contribution < -0.4 is 9.64 Å². The summed E-state index contributed by atoms with van der Waals surface area (Å²) in [4.78, 5) is 36.6. The molecule has 1 N–H and O–H groups in total. The molecule has 1 aromatic rings. The van der Waals surface area contributed by atoms with Crippen molar-refractivity contribution >= 4 is 41.0 Å². The lowest BCUT2D eigenvalue weighted by Gasteiger charge is -2.39. The molecule has 2 amide bonds. The summed E-state index contributed by atoms with van der Waals surface area (Å²) in [6.07, 6.45) is -0.288. The second-order valence-corrected chi connectivity index (χ2v) is 10.1. The fourth-order valence-electron chi connectivity index (χ4n) is 4.98. The van der Waals surface area contributed by atoms with Gasteiger partial charge in [-0.2, -0.15) is 0 Å². The van der Waals surface area contributed by atoms with Gasteiger partial charge in [0.25, 0.3) is 5.91 Å². The lowest BCUT2D eigenvalue weighted by Crippen LogP contribution is -2.57. The van der Waals surface area contributed by atoms with Crippen molar-refractivity contribution < 1.29 is 23.8 Å². The van der Waals surface area contributed by atoms with E-state index in [0.29, 0.717) is 18.9 Å². The third-order valence-corrected chi connectivity index (χ3v) is 7.58. The van der Waals surface area contributed by atoms with E-state index in [4.69, 9.17) is 27.9 Å². The molecule has 0 radical (unpaired) electrons. The summed E-state index contributed by atoms with van der Waals surface area (Å²) < 4.78 is 18.9. The number of piperazine rings is 1. The molecule has 4 rings (SSSR count). The van der Waals surface area contributed by atoms with Crippen LogP contribution in [0.15, 0.2) is 0 Å². The van der Waals surface area contributed by atoms with Gasteiger partial charge in [-0.05, 0) is 27.3 Å². The molecular weight excluding hydrogens is 476 g/mol. The van der Waals surface area contributed by atoms with Gasteiger partial charge in [-0.15, -0.1) is 0 Å². The van der Waals surface area contributed by atoms with E-state index in [9.17, 15) is 19.1 Å². The van der Waals surface area contributed by atoms with E-state index in [0.717, 1.165) is 6.42 Å². The molecule has 2 atom stereocenters. The van der Waals surface area contributed by atoms with E-state index < -0.39 is 18.8 Å². The molecule has 12 heteroatoms. The van der Waals surface area contributed by atoms with Crippen molar-refractivity contribution in [2.75, 3.05) is 58.0 Å². The van der Waals surface area contributed by atoms with Gasteiger partial charge in [-0.3, -0.25) is 9.69 Å². The Labute approximate surface area is 202 Å². The Morgan fingerprint density at radius 1 is 1.33 bits per heavy atom. The highest BCUT2D eigenvalue weighted by atomic mass is 35.5. The van der Waals surface area contributed by atoms with Crippen LogP contribution in [0, 0.1) is 0 Å². The first-order chi connectivity index (χ1) is 15.5. The molecule has 1 unspecified atom stereocenters. The number of hydrogen-bond donors (Lipinski definition) is 1. The maximum absolute atomic E-state index is 13.8. The Balaban J connectivity index is 1.74. The quantitative estimate of drug-likeness (QED) is 0.631. The van der Waals surface area contributed by atoms with E-state index in [1.807, 2.05) is 30.7 Å². The van der Waals surface area contributed by atoms with Crippen LogP contribution in [0.5, 0.6) is 5.75 Å². The van der Waals surface area contributed by atoms with Gasteiger partial charge in [0.05, 0.1) is 6.04 Å². The number of carboxylic acid groups (broad SMARTS) is 1. The summed E-state index contributed by atoms with van der Waals surface area (Å²) in [6.45, 7) is 5.19. The molecule has 2 saturated heterocycles. The highest BCUT2D eigenvalue weighted by Crippen LogP contribution is 2.45. The van der Waals surface area contributed by atoms with Crippen LogP contribution in [0.3, 0.4) is 0 Å². The molecular formula is C21H28Cl2FN5O4. The molecule has 1 aromatic heterocycles. The van der Waals surface area contributed by atoms with Crippen molar-refractivity contribution in [2.24, 2.45) is 0 Å². The minimum absolute atomic E-state index is 0.0293. The predicted molar refractivity (Wildman–Crippen MR) is 123 cm³/mol. The lowest BCUT2D eigenvalue weighted by atomic mass is 9.99. The number of ether oxygens (including phenoxy) is 1. The van der Waals surface area contributed by atoms with Crippen LogP contribution in [-0.2, 0) is 0 Å². The average molecular weight is 504 g/mol. The summed E-state index contributed by atoms with van der Waals surface area (Å²) in [6, 6.07) is -0.385. The zero-order valence-electron chi connectivity index (χ0n) is 18.9. The third kappa shape index (κ3) is 4.28. The van der Waals surface area contributed by atoms with E-state index in [2.05, 4.69) is 4.98 Å². The zero-order valence-corrected chi connectivity index (χ0v) is 20.4. The Hall–Kier alpha value is -2.04. The van der Waals surface area contributed by atoms with Crippen LogP contribution in [0.4, 0.5) is 15.0 Å². The molecule has 0 bridgehead atoms. The molecule has 3 aliphatic rings. The van der Waals surface area contributed by atoms with Crippen molar-refractivity contribution in [2.45, 2.75) is 37.9 Å². The molecule has 0 saturated carbocycles. The third-order valence-electron chi connectivity index (χ3n) is 6.86. The largest absolute Gasteiger partial charge is 0.489 e. The number of hydrogen-bond acceptors (Lipinski definition) is 6. The van der Waals surface area contributed by atoms with Crippen LogP contribution in [0.2, 0.25) is 10.2 Å². The highest BCUT2D eigenvalue weighted by molar-refractivity contribution is 6.42. The van der Waals surface area contributed by atoms with Gasteiger partial charge in [0.1, 0.15) is 29.7 Å². The second kappa shape index (κ2) is 8.96. The Bertz CT molecular complexity index is 965. The van der Waals surface area contributed by atoms with Crippen molar-refractivity contribution in [3.05, 3.63) is 15.7 Å². The number of likely N-dealkylation sites (N-methyl/N-ethyl adjacent to an activating group) is 1. The predicted octanol–water partition coefficient (Wildman–Crippen LogP) is 2.84. The van der Waals surface area contributed by atoms with Gasteiger partial charge in [0.15, 0.2) is 10.9 Å². The van der Waals surface area contributed by atoms with Crippen molar-refractivity contribution in [3.63, 3.8) is 0 Å². The summed E-state index contributed by atoms with van der Waals surface area (Å²) in [5, 5.41) is 9.46. The molecule has 9 nitrogen and oxygen atoms in total. The minimum Gasteiger partial charge on any atom is -0.489 e. The van der Waals surface area contributed by atoms with Crippen molar-refractivity contribution in [1.82, 2.24) is 19.7 Å². The fourth-order valence-corrected chi connectivity index (χ4v) is 5.34. The number of alkyl halides is 1. The first-order valence-electron chi connectivity index (χ1n) is 10.9. The molecule has 33 heavy (non-hydrogen) atoms. The monoisotopic (exact) mass is 503 g/mol. The Morgan fingerprint density at radius 2 is 2.06 bits per heavy atom. The molecule has 4 heterocycles. The summed E-state index contributed by atoms with van der Waals surface area (Å²) in [7, 11) is 1.88. The van der Waals surface area contributed by atoms with Crippen molar-refractivity contribution in [3.8, 4) is 5.75 Å². The van der Waals surface area contributed by atoms with E-state index in [1.54, 1.807) is 4.90 Å². The van der Waals surface area contributed by atoms with Gasteiger partial charge >= 0.3 is 6.09 Å². The van der Waals surface area contributed by atoms with Crippen LogP contribution in [-0.4, -0.2) is 107 Å². The molecule has 0 aromatic carbocycles. The smallest absolute Gasteiger partial charge is 0.407 e. The number of anilines is 1. The van der Waals surface area contributed by atoms with Gasteiger partial charge in [0.2, 0.25) is 0 Å². The van der Waals surface area contributed by atoms with Crippen molar-refractivity contribution in [1.29, 1.82) is 0 Å². The van der Waals surface area contributed by atoms with Gasteiger partial charge in [0, 0.05) is 44.3 Å². The molecule has 2 fully saturated rings. The number of carbonyl (C=O) groups excluding carboxylic acids is 1. The number of nitrogens with zero attached hydrogens (tertiary/aromatic N) is 5. The number of pyridine rings is 1. The van der Waals surface area contributed by atoms with Crippen LogP contribution >= 0.6 is 23.2 Å². The molecule has 182 valence electrons. The Morgan fingerprint density at radius 3 is 2.73 bits per heavy atom. The topological polar surface area (TPSA) is 89.5 Å². The SMILES string of the molecule is CN(CCF)C1CN(c2nc(Cl)c(Cl)c3c2C(=O)N2CCN(C(=O)O)C[C@@H]2CO3)C(C)(C)C1. The molecule has 3 aliphatic heterocycles. The highest BCUT2D eigenvalue weighted by Gasteiger charge is 2.46. The lowest BCUT2D eigenvalue weighted by molar-refractivity contribution is 0.0390. The molecule has 0 spiro atoms. The number of halogens is 3. The number of rotatable bonds is 4. The van der Waals surface area contributed by atoms with Crippen LogP contribution in [0.25, 0.3) is 0 Å². The zero-order chi connectivity index (χ0) is 24.1. The van der Waals surface area contributed by atoms with Gasteiger partial charge < -0.3 is 24.5 Å². The minimum atomic E-state index is -1.03. The van der Waals surface area contributed by atoms with E-state index >= 15 is 0 Å². The number of aromatic nitrogens is 1. The van der Waals surface area contributed by atoms with E-state index in [1.165, 1.54) is 4.90 Å². The number of carbonyl (C=O) groups is 2.